The molecule has 2 N–H and O–H groups in total. The van der Waals surface area contributed by atoms with Crippen molar-refractivity contribution in [2.45, 2.75) is 17.4 Å². The summed E-state index contributed by atoms with van der Waals surface area (Å²) >= 11 is 6.46. The van der Waals surface area contributed by atoms with Crippen molar-refractivity contribution in [3.63, 3.8) is 0 Å². The Balaban J connectivity index is 2.38. The highest BCUT2D eigenvalue weighted by atomic mass is 32.2. The second-order valence-electron chi connectivity index (χ2n) is 4.54. The molecule has 0 spiro atoms. The van der Waals surface area contributed by atoms with Crippen molar-refractivity contribution >= 4 is 39.0 Å². The van der Waals surface area contributed by atoms with Crippen LogP contribution < -0.4 is 5.73 Å². The molecule has 0 aliphatic carbocycles. The van der Waals surface area contributed by atoms with Crippen LogP contribution in [-0.4, -0.2) is 42.3 Å². The van der Waals surface area contributed by atoms with E-state index in [-0.39, 0.29) is 21.5 Å². The van der Waals surface area contributed by atoms with E-state index >= 15 is 0 Å². The van der Waals surface area contributed by atoms with Crippen LogP contribution in [0.2, 0.25) is 0 Å². The molecule has 8 heteroatoms. The van der Waals surface area contributed by atoms with Crippen molar-refractivity contribution in [3.8, 4) is 0 Å². The van der Waals surface area contributed by atoms with Crippen LogP contribution in [0.15, 0.2) is 23.1 Å². The number of thioether (sulfide) groups is 1. The highest BCUT2D eigenvalue weighted by molar-refractivity contribution is 7.99. The third kappa shape index (κ3) is 2.98. The summed E-state index contributed by atoms with van der Waals surface area (Å²) in [5.41, 5.74) is 5.36. The van der Waals surface area contributed by atoms with Crippen LogP contribution >= 0.6 is 24.0 Å². The summed E-state index contributed by atoms with van der Waals surface area (Å²) in [4.78, 5) is -0.139. The third-order valence-corrected chi connectivity index (χ3v) is 6.57. The van der Waals surface area contributed by atoms with Crippen LogP contribution in [0.3, 0.4) is 0 Å². The van der Waals surface area contributed by atoms with Gasteiger partial charge in [-0.3, -0.25) is 0 Å². The Morgan fingerprint density at radius 1 is 1.55 bits per heavy atom. The number of rotatable bonds is 4. The fourth-order valence-corrected chi connectivity index (χ4v) is 4.96. The summed E-state index contributed by atoms with van der Waals surface area (Å²) in [5, 5.41) is 0. The van der Waals surface area contributed by atoms with Gasteiger partial charge in [-0.05, 0) is 30.4 Å². The Labute approximate surface area is 127 Å². The van der Waals surface area contributed by atoms with E-state index in [1.807, 2.05) is 0 Å². The van der Waals surface area contributed by atoms with Crippen molar-refractivity contribution in [3.05, 3.63) is 29.6 Å². The van der Waals surface area contributed by atoms with Gasteiger partial charge in [-0.25, -0.2) is 12.8 Å². The van der Waals surface area contributed by atoms with Crippen LogP contribution in [-0.2, 0) is 10.0 Å². The first-order valence-electron chi connectivity index (χ1n) is 5.99. The van der Waals surface area contributed by atoms with Gasteiger partial charge in [-0.2, -0.15) is 16.1 Å². The van der Waals surface area contributed by atoms with Crippen LogP contribution in [0, 0.1) is 5.82 Å². The minimum Gasteiger partial charge on any atom is -0.389 e. The first-order chi connectivity index (χ1) is 9.34. The smallest absolute Gasteiger partial charge is 0.243 e. The molecular weight excluding hydrogens is 319 g/mol. The lowest BCUT2D eigenvalue weighted by atomic mass is 10.2. The highest BCUT2D eigenvalue weighted by Gasteiger charge is 2.30. The molecule has 4 nitrogen and oxygen atoms in total. The molecule has 0 saturated carbocycles. The van der Waals surface area contributed by atoms with Crippen LogP contribution in [0.5, 0.6) is 0 Å². The minimum absolute atomic E-state index is 0.0149. The van der Waals surface area contributed by atoms with Gasteiger partial charge in [-0.15, -0.1) is 0 Å². The van der Waals surface area contributed by atoms with E-state index in [2.05, 4.69) is 0 Å². The second-order valence-corrected chi connectivity index (χ2v) is 8.13. The lowest BCUT2D eigenvalue weighted by Crippen LogP contribution is -2.37. The first kappa shape index (κ1) is 15.7. The van der Waals surface area contributed by atoms with Crippen LogP contribution in [0.25, 0.3) is 0 Å². The van der Waals surface area contributed by atoms with Crippen molar-refractivity contribution in [2.24, 2.45) is 5.73 Å². The topological polar surface area (TPSA) is 63.4 Å². The molecule has 1 aromatic rings. The average Bonchev–Trinajstić information content (AvgIpc) is 2.91. The molecular formula is C12H15FN2O2S3. The summed E-state index contributed by atoms with van der Waals surface area (Å²) in [6, 6.07) is 3.50. The molecule has 1 atom stereocenters. The molecule has 0 radical (unpaired) electrons. The Hall–Kier alpha value is -0.700. The summed E-state index contributed by atoms with van der Waals surface area (Å²) in [6.45, 7) is 0. The minimum atomic E-state index is -3.66. The zero-order valence-electron chi connectivity index (χ0n) is 10.9. The summed E-state index contributed by atoms with van der Waals surface area (Å²) in [5.74, 6) is 1.11. The molecule has 0 aromatic heterocycles. The molecule has 1 unspecified atom stereocenters. The van der Waals surface area contributed by atoms with E-state index in [1.54, 1.807) is 18.8 Å². The van der Waals surface area contributed by atoms with E-state index in [0.717, 1.165) is 24.0 Å². The van der Waals surface area contributed by atoms with Crippen molar-refractivity contribution in [1.29, 1.82) is 0 Å². The molecule has 1 aliphatic rings. The Morgan fingerprint density at radius 2 is 2.25 bits per heavy atom. The third-order valence-electron chi connectivity index (χ3n) is 3.30. The van der Waals surface area contributed by atoms with Crippen molar-refractivity contribution in [1.82, 2.24) is 4.31 Å². The van der Waals surface area contributed by atoms with E-state index in [1.165, 1.54) is 16.4 Å². The van der Waals surface area contributed by atoms with Gasteiger partial charge in [0, 0.05) is 24.4 Å². The van der Waals surface area contributed by atoms with Gasteiger partial charge in [0.25, 0.3) is 0 Å². The molecule has 1 saturated heterocycles. The van der Waals surface area contributed by atoms with E-state index < -0.39 is 15.8 Å². The lowest BCUT2D eigenvalue weighted by molar-refractivity contribution is 0.394. The highest BCUT2D eigenvalue weighted by Crippen LogP contribution is 2.27. The Bertz CT molecular complexity index is 628. The number of thiocarbonyl (C=S) groups is 1. The molecule has 20 heavy (non-hydrogen) atoms. The predicted molar refractivity (Wildman–Crippen MR) is 83.0 cm³/mol. The first-order valence-corrected chi connectivity index (χ1v) is 8.99. The van der Waals surface area contributed by atoms with Crippen LogP contribution in [0.4, 0.5) is 4.39 Å². The maximum Gasteiger partial charge on any atom is 0.243 e. The number of sulfonamides is 1. The van der Waals surface area contributed by atoms with Gasteiger partial charge in [0.1, 0.15) is 10.8 Å². The molecule has 110 valence electrons. The maximum atomic E-state index is 13.5. The van der Waals surface area contributed by atoms with Crippen molar-refractivity contribution < 1.29 is 12.8 Å². The second kappa shape index (κ2) is 5.97. The van der Waals surface area contributed by atoms with Gasteiger partial charge < -0.3 is 5.73 Å². The quantitative estimate of drug-likeness (QED) is 0.847. The van der Waals surface area contributed by atoms with E-state index in [4.69, 9.17) is 18.0 Å². The summed E-state index contributed by atoms with van der Waals surface area (Å²) in [6.07, 6.45) is 0.823. The lowest BCUT2D eigenvalue weighted by Gasteiger charge is -2.23. The fourth-order valence-electron chi connectivity index (χ4n) is 2.03. The van der Waals surface area contributed by atoms with Gasteiger partial charge in [-0.1, -0.05) is 12.2 Å². The van der Waals surface area contributed by atoms with Crippen LogP contribution in [0.1, 0.15) is 12.0 Å². The molecule has 1 aromatic carbocycles. The van der Waals surface area contributed by atoms with Gasteiger partial charge in [0.05, 0.1) is 4.90 Å². The number of nitrogens with zero attached hydrogens (tertiary/aromatic N) is 1. The largest absolute Gasteiger partial charge is 0.389 e. The molecule has 1 fully saturated rings. The van der Waals surface area contributed by atoms with Gasteiger partial charge in [0.2, 0.25) is 10.0 Å². The van der Waals surface area contributed by atoms with E-state index in [9.17, 15) is 12.8 Å². The van der Waals surface area contributed by atoms with Gasteiger partial charge in [0.15, 0.2) is 0 Å². The fraction of sp³-hybridized carbons (Fsp3) is 0.417. The Kier molecular flexibility index (Phi) is 4.68. The molecule has 1 heterocycles. The number of halogens is 1. The van der Waals surface area contributed by atoms with Crippen molar-refractivity contribution in [2.75, 3.05) is 18.6 Å². The number of nitrogens with two attached hydrogens (primary N) is 1. The summed E-state index contributed by atoms with van der Waals surface area (Å²) < 4.78 is 39.9. The maximum absolute atomic E-state index is 13.5. The standard InChI is InChI=1S/C12H15FN2O2S3/c1-15(8-4-5-19-7-8)20(16,17)9-2-3-11(13)10(6-9)12(14)18/h2-3,6,8H,4-5,7H2,1H3,(H2,14,18). The Morgan fingerprint density at radius 3 is 2.80 bits per heavy atom. The SMILES string of the molecule is CN(C1CCSC1)S(=O)(=O)c1ccc(F)c(C(N)=S)c1. The normalized spacial score (nSPS) is 19.4. The monoisotopic (exact) mass is 334 g/mol. The zero-order valence-corrected chi connectivity index (χ0v) is 13.3. The molecule has 0 amide bonds. The molecule has 2 rings (SSSR count). The summed E-state index contributed by atoms with van der Waals surface area (Å²) in [7, 11) is -2.11. The number of hydrogen-bond donors (Lipinski definition) is 1. The number of benzene rings is 1. The van der Waals surface area contributed by atoms with E-state index in [0.29, 0.717) is 0 Å². The molecule has 0 bridgehead atoms. The zero-order chi connectivity index (χ0) is 14.9. The number of hydrogen-bond acceptors (Lipinski definition) is 4. The predicted octanol–water partition coefficient (Wildman–Crippen LogP) is 1.59. The average molecular weight is 334 g/mol. The van der Waals surface area contributed by atoms with Gasteiger partial charge >= 0.3 is 0 Å². The molecule has 1 aliphatic heterocycles.